The van der Waals surface area contributed by atoms with Gasteiger partial charge in [0.1, 0.15) is 0 Å². The highest BCUT2D eigenvalue weighted by Gasteiger charge is 2.30. The Morgan fingerprint density at radius 1 is 1.47 bits per heavy atom. The van der Waals surface area contributed by atoms with E-state index in [0.29, 0.717) is 17.9 Å². The minimum Gasteiger partial charge on any atom is -0.324 e. The molecule has 1 aromatic heterocycles. The lowest BCUT2D eigenvalue weighted by Gasteiger charge is -2.21. The summed E-state index contributed by atoms with van der Waals surface area (Å²) in [5.74, 6) is 5.21. The molecule has 0 aliphatic heterocycles. The fraction of sp³-hybridized carbons (Fsp3) is 0.500. The number of alkyl halides is 3. The summed E-state index contributed by atoms with van der Waals surface area (Å²) in [7, 11) is 0. The summed E-state index contributed by atoms with van der Waals surface area (Å²) in [6.07, 6.45) is -2.69. The van der Waals surface area contributed by atoms with Crippen molar-refractivity contribution < 1.29 is 13.2 Å². The zero-order valence-electron chi connectivity index (χ0n) is 9.46. The topological polar surface area (TPSA) is 54.2 Å². The Morgan fingerprint density at radius 3 is 2.71 bits per heavy atom. The molecule has 1 aromatic rings. The van der Waals surface area contributed by atoms with Crippen molar-refractivity contribution in [2.24, 2.45) is 5.84 Å². The molecule has 4 nitrogen and oxygen atoms in total. The SMILES string of the molecule is CCN(Cc1cc(NN)ccn1)CC(F)(F)F. The van der Waals surface area contributed by atoms with Crippen molar-refractivity contribution in [1.29, 1.82) is 0 Å². The summed E-state index contributed by atoms with van der Waals surface area (Å²) in [5, 5.41) is 0. The molecule has 0 bridgehead atoms. The van der Waals surface area contributed by atoms with Gasteiger partial charge >= 0.3 is 6.18 Å². The smallest absolute Gasteiger partial charge is 0.324 e. The maximum atomic E-state index is 12.2. The second-order valence-electron chi connectivity index (χ2n) is 3.60. The molecule has 96 valence electrons. The number of hydrogen-bond donors (Lipinski definition) is 2. The van der Waals surface area contributed by atoms with E-state index in [-0.39, 0.29) is 6.54 Å². The van der Waals surface area contributed by atoms with E-state index in [9.17, 15) is 13.2 Å². The quantitative estimate of drug-likeness (QED) is 0.615. The zero-order chi connectivity index (χ0) is 12.9. The molecule has 17 heavy (non-hydrogen) atoms. The van der Waals surface area contributed by atoms with E-state index in [0.717, 1.165) is 0 Å². The molecule has 0 aromatic carbocycles. The van der Waals surface area contributed by atoms with Crippen LogP contribution in [0.2, 0.25) is 0 Å². The molecule has 0 radical (unpaired) electrons. The summed E-state index contributed by atoms with van der Waals surface area (Å²) in [6.45, 7) is 1.19. The maximum absolute atomic E-state index is 12.2. The molecule has 0 atom stereocenters. The third-order valence-electron chi connectivity index (χ3n) is 2.22. The lowest BCUT2D eigenvalue weighted by molar-refractivity contribution is -0.146. The average Bonchev–Trinajstić information content (AvgIpc) is 2.26. The van der Waals surface area contributed by atoms with Gasteiger partial charge in [0.05, 0.1) is 17.9 Å². The Kier molecular flexibility index (Phi) is 4.71. The van der Waals surface area contributed by atoms with Crippen molar-refractivity contribution in [2.45, 2.75) is 19.6 Å². The molecule has 0 saturated carbocycles. The van der Waals surface area contributed by atoms with Gasteiger partial charge in [0, 0.05) is 12.7 Å². The van der Waals surface area contributed by atoms with E-state index < -0.39 is 12.7 Å². The van der Waals surface area contributed by atoms with Crippen molar-refractivity contribution in [1.82, 2.24) is 9.88 Å². The van der Waals surface area contributed by atoms with E-state index in [1.54, 1.807) is 19.1 Å². The van der Waals surface area contributed by atoms with Gasteiger partial charge in [-0.3, -0.25) is 15.7 Å². The van der Waals surface area contributed by atoms with Crippen LogP contribution in [0.5, 0.6) is 0 Å². The van der Waals surface area contributed by atoms with Crippen LogP contribution in [0.15, 0.2) is 18.3 Å². The molecule has 3 N–H and O–H groups in total. The van der Waals surface area contributed by atoms with Crippen LogP contribution in [0.3, 0.4) is 0 Å². The summed E-state index contributed by atoms with van der Waals surface area (Å²) >= 11 is 0. The van der Waals surface area contributed by atoms with Gasteiger partial charge < -0.3 is 5.43 Å². The molecule has 0 spiro atoms. The number of nitrogen functional groups attached to an aromatic ring is 1. The van der Waals surface area contributed by atoms with Crippen molar-refractivity contribution in [2.75, 3.05) is 18.5 Å². The molecule has 0 aliphatic carbocycles. The monoisotopic (exact) mass is 248 g/mol. The predicted octanol–water partition coefficient (Wildman–Crippen LogP) is 1.75. The summed E-state index contributed by atoms with van der Waals surface area (Å²) in [6, 6.07) is 3.27. The fourth-order valence-electron chi connectivity index (χ4n) is 1.42. The van der Waals surface area contributed by atoms with E-state index in [1.165, 1.54) is 11.1 Å². The number of nitrogens with two attached hydrogens (primary N) is 1. The molecular formula is C10H15F3N4. The molecule has 0 amide bonds. The number of anilines is 1. The lowest BCUT2D eigenvalue weighted by atomic mass is 10.3. The van der Waals surface area contributed by atoms with Gasteiger partial charge in [0.15, 0.2) is 0 Å². The Hall–Kier alpha value is -1.34. The first-order valence-electron chi connectivity index (χ1n) is 5.15. The molecule has 0 saturated heterocycles. The Bertz CT molecular complexity index is 354. The van der Waals surface area contributed by atoms with Gasteiger partial charge in [-0.1, -0.05) is 6.92 Å². The second kappa shape index (κ2) is 5.83. The second-order valence-corrected chi connectivity index (χ2v) is 3.60. The summed E-state index contributed by atoms with van der Waals surface area (Å²) in [5.41, 5.74) is 3.60. The Balaban J connectivity index is 2.67. The van der Waals surface area contributed by atoms with Gasteiger partial charge in [0.25, 0.3) is 0 Å². The number of aromatic nitrogens is 1. The van der Waals surface area contributed by atoms with Crippen LogP contribution in [-0.2, 0) is 6.54 Å². The van der Waals surface area contributed by atoms with Crippen molar-refractivity contribution in [3.8, 4) is 0 Å². The van der Waals surface area contributed by atoms with Crippen molar-refractivity contribution >= 4 is 5.69 Å². The summed E-state index contributed by atoms with van der Waals surface area (Å²) in [4.78, 5) is 5.27. The largest absolute Gasteiger partial charge is 0.401 e. The third-order valence-corrected chi connectivity index (χ3v) is 2.22. The van der Waals surface area contributed by atoms with E-state index >= 15 is 0 Å². The van der Waals surface area contributed by atoms with Crippen LogP contribution < -0.4 is 11.3 Å². The first-order valence-corrected chi connectivity index (χ1v) is 5.15. The van der Waals surface area contributed by atoms with Crippen LogP contribution >= 0.6 is 0 Å². The van der Waals surface area contributed by atoms with Gasteiger partial charge in [-0.15, -0.1) is 0 Å². The minimum absolute atomic E-state index is 0.144. The summed E-state index contributed by atoms with van der Waals surface area (Å²) < 4.78 is 36.7. The Morgan fingerprint density at radius 2 is 2.18 bits per heavy atom. The highest BCUT2D eigenvalue weighted by molar-refractivity contribution is 5.41. The number of pyridine rings is 1. The standard InChI is InChI=1S/C10H15F3N4/c1-2-17(7-10(11,12)13)6-9-5-8(16-14)3-4-15-9/h3-5H,2,6-7,14H2,1H3,(H,15,16). The van der Waals surface area contributed by atoms with Crippen LogP contribution in [0.1, 0.15) is 12.6 Å². The number of nitrogens with one attached hydrogen (secondary N) is 1. The average molecular weight is 248 g/mol. The fourth-order valence-corrected chi connectivity index (χ4v) is 1.42. The number of halogens is 3. The lowest BCUT2D eigenvalue weighted by Crippen LogP contribution is -2.33. The van der Waals surface area contributed by atoms with Crippen LogP contribution in [-0.4, -0.2) is 29.1 Å². The van der Waals surface area contributed by atoms with Crippen LogP contribution in [0.25, 0.3) is 0 Å². The normalized spacial score (nSPS) is 11.9. The first kappa shape index (κ1) is 13.7. The van der Waals surface area contributed by atoms with E-state index in [4.69, 9.17) is 5.84 Å². The first-order chi connectivity index (χ1) is 7.94. The van der Waals surface area contributed by atoms with Crippen LogP contribution in [0, 0.1) is 0 Å². The predicted molar refractivity (Wildman–Crippen MR) is 59.1 cm³/mol. The van der Waals surface area contributed by atoms with E-state index in [1.807, 2.05) is 0 Å². The zero-order valence-corrected chi connectivity index (χ0v) is 9.46. The molecule has 0 unspecified atom stereocenters. The Labute approximate surface area is 97.6 Å². The van der Waals surface area contributed by atoms with Crippen molar-refractivity contribution in [3.05, 3.63) is 24.0 Å². The number of hydrazine groups is 1. The highest BCUT2D eigenvalue weighted by atomic mass is 19.4. The highest BCUT2D eigenvalue weighted by Crippen LogP contribution is 2.18. The van der Waals surface area contributed by atoms with Gasteiger partial charge in [-0.2, -0.15) is 13.2 Å². The maximum Gasteiger partial charge on any atom is 0.401 e. The van der Waals surface area contributed by atoms with Crippen LogP contribution in [0.4, 0.5) is 18.9 Å². The minimum atomic E-state index is -4.19. The molecule has 1 rings (SSSR count). The number of nitrogens with zero attached hydrogens (tertiary/aromatic N) is 2. The molecular weight excluding hydrogens is 233 g/mol. The van der Waals surface area contributed by atoms with Crippen molar-refractivity contribution in [3.63, 3.8) is 0 Å². The molecule has 0 aliphatic rings. The molecule has 1 heterocycles. The third kappa shape index (κ3) is 5.01. The number of rotatable bonds is 5. The van der Waals surface area contributed by atoms with Gasteiger partial charge in [0.2, 0.25) is 0 Å². The molecule has 0 fully saturated rings. The van der Waals surface area contributed by atoms with Gasteiger partial charge in [-0.05, 0) is 18.7 Å². The number of hydrogen-bond acceptors (Lipinski definition) is 4. The van der Waals surface area contributed by atoms with E-state index in [2.05, 4.69) is 10.4 Å². The molecule has 7 heteroatoms. The van der Waals surface area contributed by atoms with Gasteiger partial charge in [-0.25, -0.2) is 0 Å².